The lowest BCUT2D eigenvalue weighted by atomic mass is 10.1. The SMILES string of the molecule is CCCCN(C)CCCOc1cc(Nc2nccc(CN(C)C3CCOCC3)n2)ccc1OC. The molecule has 2 heterocycles. The number of anilines is 2. The molecule has 2 aromatic rings. The highest BCUT2D eigenvalue weighted by molar-refractivity contribution is 5.59. The number of aromatic nitrogens is 2. The van der Waals surface area contributed by atoms with Gasteiger partial charge in [-0.2, -0.15) is 0 Å². The number of unbranched alkanes of at least 4 members (excludes halogenated alkanes) is 1. The molecule has 1 N–H and O–H groups in total. The summed E-state index contributed by atoms with van der Waals surface area (Å²) in [5.74, 6) is 2.02. The van der Waals surface area contributed by atoms with Crippen LogP contribution >= 0.6 is 0 Å². The number of ether oxygens (including phenoxy) is 3. The normalized spacial score (nSPS) is 14.5. The number of nitrogens with one attached hydrogen (secondary N) is 1. The molecule has 1 aromatic carbocycles. The Morgan fingerprint density at radius 3 is 2.65 bits per heavy atom. The van der Waals surface area contributed by atoms with Gasteiger partial charge in [-0.1, -0.05) is 13.3 Å². The van der Waals surface area contributed by atoms with Gasteiger partial charge in [-0.3, -0.25) is 4.90 Å². The summed E-state index contributed by atoms with van der Waals surface area (Å²) in [5.41, 5.74) is 1.86. The average Bonchev–Trinajstić information content (AvgIpc) is 2.86. The summed E-state index contributed by atoms with van der Waals surface area (Å²) in [6.45, 7) is 7.46. The van der Waals surface area contributed by atoms with Gasteiger partial charge < -0.3 is 24.4 Å². The van der Waals surface area contributed by atoms with E-state index in [0.29, 0.717) is 18.6 Å². The smallest absolute Gasteiger partial charge is 0.227 e. The molecule has 8 heteroatoms. The highest BCUT2D eigenvalue weighted by atomic mass is 16.5. The van der Waals surface area contributed by atoms with Gasteiger partial charge in [0.2, 0.25) is 5.95 Å². The topological polar surface area (TPSA) is 72.0 Å². The van der Waals surface area contributed by atoms with Gasteiger partial charge in [0.15, 0.2) is 11.5 Å². The quantitative estimate of drug-likeness (QED) is 0.408. The Kier molecular flexibility index (Phi) is 10.9. The van der Waals surface area contributed by atoms with Gasteiger partial charge in [0.05, 0.1) is 19.4 Å². The second-order valence-electron chi connectivity index (χ2n) is 8.98. The van der Waals surface area contributed by atoms with E-state index < -0.39 is 0 Å². The van der Waals surface area contributed by atoms with Crippen LogP contribution in [0.4, 0.5) is 11.6 Å². The molecule has 3 rings (SSSR count). The first-order valence-electron chi connectivity index (χ1n) is 12.5. The minimum atomic E-state index is 0.535. The third-order valence-corrected chi connectivity index (χ3v) is 6.19. The maximum Gasteiger partial charge on any atom is 0.227 e. The van der Waals surface area contributed by atoms with Crippen LogP contribution in [0.3, 0.4) is 0 Å². The summed E-state index contributed by atoms with van der Waals surface area (Å²) in [6, 6.07) is 8.32. The second kappa shape index (κ2) is 14.1. The van der Waals surface area contributed by atoms with E-state index in [1.807, 2.05) is 24.3 Å². The predicted octanol–water partition coefficient (Wildman–Crippen LogP) is 4.34. The van der Waals surface area contributed by atoms with Crippen LogP contribution in [0.25, 0.3) is 0 Å². The van der Waals surface area contributed by atoms with Crippen molar-refractivity contribution >= 4 is 11.6 Å². The van der Waals surface area contributed by atoms with Gasteiger partial charge in [-0.15, -0.1) is 0 Å². The van der Waals surface area contributed by atoms with Crippen LogP contribution in [0, 0.1) is 0 Å². The van der Waals surface area contributed by atoms with Crippen LogP contribution in [-0.2, 0) is 11.3 Å². The molecule has 1 aromatic heterocycles. The lowest BCUT2D eigenvalue weighted by Gasteiger charge is -2.30. The van der Waals surface area contributed by atoms with Crippen molar-refractivity contribution in [2.24, 2.45) is 0 Å². The Labute approximate surface area is 204 Å². The van der Waals surface area contributed by atoms with E-state index in [9.17, 15) is 0 Å². The second-order valence-corrected chi connectivity index (χ2v) is 8.98. The Morgan fingerprint density at radius 2 is 1.88 bits per heavy atom. The van der Waals surface area contributed by atoms with E-state index in [0.717, 1.165) is 75.0 Å². The Balaban J connectivity index is 1.56. The lowest BCUT2D eigenvalue weighted by Crippen LogP contribution is -2.36. The molecule has 8 nitrogen and oxygen atoms in total. The van der Waals surface area contributed by atoms with Crippen molar-refractivity contribution < 1.29 is 14.2 Å². The van der Waals surface area contributed by atoms with Gasteiger partial charge in [-0.05, 0) is 64.5 Å². The van der Waals surface area contributed by atoms with Crippen molar-refractivity contribution in [2.45, 2.75) is 51.6 Å². The van der Waals surface area contributed by atoms with Crippen molar-refractivity contribution in [2.75, 3.05) is 59.4 Å². The zero-order valence-electron chi connectivity index (χ0n) is 21.3. The molecule has 1 aliphatic heterocycles. The number of hydrogen-bond donors (Lipinski definition) is 1. The summed E-state index contributed by atoms with van der Waals surface area (Å²) in [6.07, 6.45) is 7.35. The molecular formula is C26H41N5O3. The number of benzene rings is 1. The highest BCUT2D eigenvalue weighted by Gasteiger charge is 2.19. The zero-order chi connectivity index (χ0) is 24.2. The summed E-state index contributed by atoms with van der Waals surface area (Å²) in [7, 11) is 5.98. The van der Waals surface area contributed by atoms with Crippen molar-refractivity contribution in [1.29, 1.82) is 0 Å². The largest absolute Gasteiger partial charge is 0.493 e. The zero-order valence-corrected chi connectivity index (χ0v) is 21.3. The first-order valence-corrected chi connectivity index (χ1v) is 12.5. The fourth-order valence-corrected chi connectivity index (χ4v) is 4.11. The fourth-order valence-electron chi connectivity index (χ4n) is 4.11. The Morgan fingerprint density at radius 1 is 1.09 bits per heavy atom. The molecule has 1 fully saturated rings. The predicted molar refractivity (Wildman–Crippen MR) is 136 cm³/mol. The first-order chi connectivity index (χ1) is 16.6. The monoisotopic (exact) mass is 471 g/mol. The van der Waals surface area contributed by atoms with E-state index in [4.69, 9.17) is 19.2 Å². The van der Waals surface area contributed by atoms with Gasteiger partial charge in [-0.25, -0.2) is 9.97 Å². The highest BCUT2D eigenvalue weighted by Crippen LogP contribution is 2.31. The van der Waals surface area contributed by atoms with Crippen LogP contribution in [0.2, 0.25) is 0 Å². The van der Waals surface area contributed by atoms with Gasteiger partial charge in [0.1, 0.15) is 0 Å². The van der Waals surface area contributed by atoms with E-state index in [1.165, 1.54) is 12.8 Å². The van der Waals surface area contributed by atoms with Gasteiger partial charge in [0.25, 0.3) is 0 Å². The molecule has 0 saturated carbocycles. The van der Waals surface area contributed by atoms with Crippen LogP contribution in [0.15, 0.2) is 30.5 Å². The summed E-state index contributed by atoms with van der Waals surface area (Å²) >= 11 is 0. The van der Waals surface area contributed by atoms with Crippen LogP contribution < -0.4 is 14.8 Å². The number of nitrogens with zero attached hydrogens (tertiary/aromatic N) is 4. The fraction of sp³-hybridized carbons (Fsp3) is 0.615. The van der Waals surface area contributed by atoms with Crippen molar-refractivity contribution in [3.8, 4) is 11.5 Å². The molecular weight excluding hydrogens is 430 g/mol. The van der Waals surface area contributed by atoms with E-state index in [-0.39, 0.29) is 0 Å². The molecule has 34 heavy (non-hydrogen) atoms. The lowest BCUT2D eigenvalue weighted by molar-refractivity contribution is 0.0403. The van der Waals surface area contributed by atoms with E-state index in [1.54, 1.807) is 13.3 Å². The minimum absolute atomic E-state index is 0.535. The molecule has 188 valence electrons. The number of hydrogen-bond acceptors (Lipinski definition) is 8. The standard InChI is InChI=1S/C26H41N5O3/c1-5-6-14-30(2)15-7-16-34-25-19-21(8-9-24(25)32-4)28-26-27-13-10-22(29-26)20-31(3)23-11-17-33-18-12-23/h8-10,13,19,23H,5-7,11-12,14-18,20H2,1-4H3,(H,27,28,29). The minimum Gasteiger partial charge on any atom is -0.493 e. The van der Waals surface area contributed by atoms with Crippen LogP contribution in [0.1, 0.15) is 44.7 Å². The Hall–Kier alpha value is -2.42. The molecule has 0 radical (unpaired) electrons. The summed E-state index contributed by atoms with van der Waals surface area (Å²) < 4.78 is 17.0. The van der Waals surface area contributed by atoms with Crippen molar-refractivity contribution in [3.63, 3.8) is 0 Å². The third kappa shape index (κ3) is 8.42. The number of methoxy groups -OCH3 is 1. The molecule has 0 bridgehead atoms. The maximum atomic E-state index is 6.06. The summed E-state index contributed by atoms with van der Waals surface area (Å²) in [5, 5.41) is 3.32. The molecule has 0 atom stereocenters. The molecule has 0 spiro atoms. The third-order valence-electron chi connectivity index (χ3n) is 6.19. The van der Waals surface area contributed by atoms with Crippen LogP contribution in [0.5, 0.6) is 11.5 Å². The molecule has 0 unspecified atom stereocenters. The summed E-state index contributed by atoms with van der Waals surface area (Å²) in [4.78, 5) is 13.8. The molecule has 0 aliphatic carbocycles. The van der Waals surface area contributed by atoms with Crippen molar-refractivity contribution in [3.05, 3.63) is 36.2 Å². The molecule has 1 aliphatic rings. The van der Waals surface area contributed by atoms with Gasteiger partial charge >= 0.3 is 0 Å². The van der Waals surface area contributed by atoms with Crippen LogP contribution in [-0.4, -0.2) is 79.9 Å². The van der Waals surface area contributed by atoms with Crippen molar-refractivity contribution in [1.82, 2.24) is 19.8 Å². The molecule has 1 saturated heterocycles. The number of rotatable bonds is 14. The maximum absolute atomic E-state index is 6.06. The van der Waals surface area contributed by atoms with Gasteiger partial charge in [0, 0.05) is 50.3 Å². The average molecular weight is 472 g/mol. The first kappa shape index (κ1) is 26.2. The van der Waals surface area contributed by atoms with E-state index >= 15 is 0 Å². The van der Waals surface area contributed by atoms with E-state index in [2.05, 4.69) is 41.1 Å². The Bertz CT molecular complexity index is 860. The molecule has 0 amide bonds.